The van der Waals surface area contributed by atoms with Crippen molar-refractivity contribution in [1.29, 1.82) is 0 Å². The second kappa shape index (κ2) is 8.45. The molecule has 0 heterocycles. The first-order valence-electron chi connectivity index (χ1n) is 7.28. The number of carbonyl (C=O) groups is 2. The maximum absolute atomic E-state index is 11.6. The summed E-state index contributed by atoms with van der Waals surface area (Å²) in [5.74, 6) is -0.455. The zero-order valence-corrected chi connectivity index (χ0v) is 13.1. The molecule has 1 rings (SSSR count). The second-order valence-electron chi connectivity index (χ2n) is 5.94. The van der Waals surface area contributed by atoms with E-state index in [1.165, 1.54) is 0 Å². The van der Waals surface area contributed by atoms with Gasteiger partial charge in [0.15, 0.2) is 0 Å². The smallest absolute Gasteiger partial charge is 0.306 e. The molecular formula is C17H24O4. The fourth-order valence-corrected chi connectivity index (χ4v) is 1.74. The van der Waals surface area contributed by atoms with E-state index in [-0.39, 0.29) is 11.9 Å². The number of carbonyl (C=O) groups excluding carboxylic acids is 2. The van der Waals surface area contributed by atoms with E-state index in [2.05, 4.69) is 0 Å². The molecule has 0 radical (unpaired) electrons. The molecule has 4 nitrogen and oxygen atoms in total. The van der Waals surface area contributed by atoms with Gasteiger partial charge in [0.05, 0.1) is 0 Å². The third-order valence-electron chi connectivity index (χ3n) is 2.67. The van der Waals surface area contributed by atoms with Gasteiger partial charge < -0.3 is 9.47 Å². The Morgan fingerprint density at radius 3 is 2.10 bits per heavy atom. The van der Waals surface area contributed by atoms with E-state index in [1.54, 1.807) is 0 Å². The van der Waals surface area contributed by atoms with Gasteiger partial charge in [-0.1, -0.05) is 30.3 Å². The summed E-state index contributed by atoms with van der Waals surface area (Å²) < 4.78 is 10.4. The molecule has 0 unspecified atom stereocenters. The minimum Gasteiger partial charge on any atom is -0.461 e. The molecular weight excluding hydrogens is 268 g/mol. The average Bonchev–Trinajstić information content (AvgIpc) is 2.40. The summed E-state index contributed by atoms with van der Waals surface area (Å²) in [6.07, 6.45) is 1.93. The molecule has 0 fully saturated rings. The number of rotatable bonds is 7. The molecule has 116 valence electrons. The standard InChI is InChI=1S/C17H24O4/c1-17(2,3)21-16(19)12-8-7-11-15(18)20-13-14-9-5-4-6-10-14/h4-6,9-10H,7-8,11-13H2,1-3H3. The summed E-state index contributed by atoms with van der Waals surface area (Å²) in [7, 11) is 0. The number of hydrogen-bond donors (Lipinski definition) is 0. The van der Waals surface area contributed by atoms with Crippen molar-refractivity contribution < 1.29 is 19.1 Å². The van der Waals surface area contributed by atoms with E-state index in [1.807, 2.05) is 51.1 Å². The van der Waals surface area contributed by atoms with E-state index in [4.69, 9.17) is 9.47 Å². The first kappa shape index (κ1) is 17.2. The Balaban J connectivity index is 2.10. The Morgan fingerprint density at radius 2 is 1.52 bits per heavy atom. The molecule has 0 bridgehead atoms. The molecule has 4 heteroatoms. The van der Waals surface area contributed by atoms with Crippen LogP contribution in [0.5, 0.6) is 0 Å². The summed E-state index contributed by atoms with van der Waals surface area (Å²) in [5.41, 5.74) is 0.519. The van der Waals surface area contributed by atoms with Crippen LogP contribution in [-0.2, 0) is 25.7 Å². The maximum atomic E-state index is 11.6. The van der Waals surface area contributed by atoms with Crippen molar-refractivity contribution in [3.8, 4) is 0 Å². The number of esters is 2. The molecule has 0 spiro atoms. The van der Waals surface area contributed by atoms with Gasteiger partial charge in [-0.05, 0) is 39.2 Å². The van der Waals surface area contributed by atoms with Crippen molar-refractivity contribution >= 4 is 11.9 Å². The van der Waals surface area contributed by atoms with Crippen LogP contribution in [0.25, 0.3) is 0 Å². The van der Waals surface area contributed by atoms with E-state index in [9.17, 15) is 9.59 Å². The lowest BCUT2D eigenvalue weighted by Gasteiger charge is -2.19. The third kappa shape index (κ3) is 8.84. The van der Waals surface area contributed by atoms with Crippen LogP contribution in [0, 0.1) is 0 Å². The summed E-state index contributed by atoms with van der Waals surface area (Å²) >= 11 is 0. The highest BCUT2D eigenvalue weighted by Crippen LogP contribution is 2.11. The number of hydrogen-bond acceptors (Lipinski definition) is 4. The van der Waals surface area contributed by atoms with Gasteiger partial charge in [0, 0.05) is 12.8 Å². The Labute approximate surface area is 126 Å². The summed E-state index contributed by atoms with van der Waals surface area (Å²) in [5, 5.41) is 0. The van der Waals surface area contributed by atoms with Crippen LogP contribution in [0.1, 0.15) is 52.0 Å². The van der Waals surface area contributed by atoms with Gasteiger partial charge in [0.25, 0.3) is 0 Å². The minimum absolute atomic E-state index is 0.222. The summed E-state index contributed by atoms with van der Waals surface area (Å²) in [4.78, 5) is 23.0. The molecule has 0 amide bonds. The molecule has 0 atom stereocenters. The molecule has 0 aromatic heterocycles. The van der Waals surface area contributed by atoms with Gasteiger partial charge in [0.2, 0.25) is 0 Å². The zero-order valence-electron chi connectivity index (χ0n) is 13.1. The van der Waals surface area contributed by atoms with E-state index < -0.39 is 5.60 Å². The van der Waals surface area contributed by atoms with Crippen LogP contribution in [-0.4, -0.2) is 17.5 Å². The number of unbranched alkanes of at least 4 members (excludes halogenated alkanes) is 1. The van der Waals surface area contributed by atoms with Crippen molar-refractivity contribution in [2.45, 2.75) is 58.7 Å². The topological polar surface area (TPSA) is 52.6 Å². The Morgan fingerprint density at radius 1 is 0.952 bits per heavy atom. The van der Waals surface area contributed by atoms with E-state index in [0.717, 1.165) is 5.56 Å². The maximum Gasteiger partial charge on any atom is 0.306 e. The monoisotopic (exact) mass is 292 g/mol. The first-order chi connectivity index (χ1) is 9.87. The highest BCUT2D eigenvalue weighted by Gasteiger charge is 2.15. The van der Waals surface area contributed by atoms with Crippen molar-refractivity contribution in [2.75, 3.05) is 0 Å². The molecule has 0 aliphatic heterocycles. The molecule has 0 aliphatic carbocycles. The van der Waals surface area contributed by atoms with Crippen LogP contribution in [0.3, 0.4) is 0 Å². The average molecular weight is 292 g/mol. The van der Waals surface area contributed by atoms with Gasteiger partial charge >= 0.3 is 11.9 Å². The van der Waals surface area contributed by atoms with E-state index in [0.29, 0.717) is 32.3 Å². The lowest BCUT2D eigenvalue weighted by atomic mass is 10.1. The number of ether oxygens (including phenoxy) is 2. The van der Waals surface area contributed by atoms with Gasteiger partial charge in [-0.3, -0.25) is 9.59 Å². The van der Waals surface area contributed by atoms with Gasteiger partial charge in [0.1, 0.15) is 12.2 Å². The molecule has 1 aromatic rings. The SMILES string of the molecule is CC(C)(C)OC(=O)CCCCC(=O)OCc1ccccc1. The predicted octanol–water partition coefficient (Wildman–Crippen LogP) is 3.63. The lowest BCUT2D eigenvalue weighted by Crippen LogP contribution is -2.23. The van der Waals surface area contributed by atoms with Crippen molar-refractivity contribution in [1.82, 2.24) is 0 Å². The zero-order chi connectivity index (χ0) is 15.7. The highest BCUT2D eigenvalue weighted by atomic mass is 16.6. The quantitative estimate of drug-likeness (QED) is 0.569. The van der Waals surface area contributed by atoms with Crippen LogP contribution >= 0.6 is 0 Å². The van der Waals surface area contributed by atoms with E-state index >= 15 is 0 Å². The van der Waals surface area contributed by atoms with Crippen LogP contribution in [0.15, 0.2) is 30.3 Å². The molecule has 0 saturated heterocycles. The highest BCUT2D eigenvalue weighted by molar-refractivity contribution is 5.70. The van der Waals surface area contributed by atoms with Crippen LogP contribution in [0.4, 0.5) is 0 Å². The number of benzene rings is 1. The van der Waals surface area contributed by atoms with Gasteiger partial charge in [-0.25, -0.2) is 0 Å². The lowest BCUT2D eigenvalue weighted by molar-refractivity contribution is -0.155. The Hall–Kier alpha value is -1.84. The molecule has 21 heavy (non-hydrogen) atoms. The van der Waals surface area contributed by atoms with Crippen molar-refractivity contribution in [3.05, 3.63) is 35.9 Å². The Kier molecular flexibility index (Phi) is 6.92. The predicted molar refractivity (Wildman–Crippen MR) is 80.6 cm³/mol. The van der Waals surface area contributed by atoms with Crippen molar-refractivity contribution in [2.24, 2.45) is 0 Å². The van der Waals surface area contributed by atoms with Gasteiger partial charge in [-0.15, -0.1) is 0 Å². The normalized spacial score (nSPS) is 11.0. The largest absolute Gasteiger partial charge is 0.461 e. The van der Waals surface area contributed by atoms with Crippen molar-refractivity contribution in [3.63, 3.8) is 0 Å². The van der Waals surface area contributed by atoms with Crippen LogP contribution < -0.4 is 0 Å². The Bertz CT molecular complexity index is 446. The van der Waals surface area contributed by atoms with Crippen LogP contribution in [0.2, 0.25) is 0 Å². The molecule has 0 N–H and O–H groups in total. The first-order valence-corrected chi connectivity index (χ1v) is 7.28. The third-order valence-corrected chi connectivity index (χ3v) is 2.67. The fraction of sp³-hybridized carbons (Fsp3) is 0.529. The fourth-order valence-electron chi connectivity index (χ4n) is 1.74. The molecule has 0 saturated carbocycles. The second-order valence-corrected chi connectivity index (χ2v) is 5.94. The molecule has 1 aromatic carbocycles. The van der Waals surface area contributed by atoms with Gasteiger partial charge in [-0.2, -0.15) is 0 Å². The summed E-state index contributed by atoms with van der Waals surface area (Å²) in [6.45, 7) is 5.81. The molecule has 0 aliphatic rings. The summed E-state index contributed by atoms with van der Waals surface area (Å²) in [6, 6.07) is 9.56. The minimum atomic E-state index is -0.453.